The number of rotatable bonds is 3. The van der Waals surface area contributed by atoms with Crippen LogP contribution in [0, 0.1) is 5.92 Å². The van der Waals surface area contributed by atoms with E-state index >= 15 is 0 Å². The highest BCUT2D eigenvalue weighted by Gasteiger charge is 2.48. The minimum Gasteiger partial charge on any atom is -0.369 e. The predicted molar refractivity (Wildman–Crippen MR) is 85.1 cm³/mol. The number of aromatic nitrogens is 2. The molecule has 4 heteroatoms. The average molecular weight is 287 g/mol. The van der Waals surface area contributed by atoms with Gasteiger partial charge in [0.1, 0.15) is 0 Å². The molecule has 3 rings (SSSR count). The van der Waals surface area contributed by atoms with Crippen LogP contribution in [0.25, 0.3) is 11.0 Å². The summed E-state index contributed by atoms with van der Waals surface area (Å²) in [7, 11) is 0. The second-order valence-electron chi connectivity index (χ2n) is 7.33. The second kappa shape index (κ2) is 4.82. The van der Waals surface area contributed by atoms with Gasteiger partial charge in [0.25, 0.3) is 0 Å². The third-order valence-electron chi connectivity index (χ3n) is 4.60. The van der Waals surface area contributed by atoms with Crippen LogP contribution in [0.15, 0.2) is 30.6 Å². The topological polar surface area (TPSA) is 53.1 Å². The van der Waals surface area contributed by atoms with Crippen molar-refractivity contribution in [2.75, 3.05) is 0 Å². The fourth-order valence-corrected chi connectivity index (χ4v) is 3.78. The first-order valence-electron chi connectivity index (χ1n) is 7.64. The number of nitrogens with zero attached hydrogens (tertiary/aromatic N) is 2. The summed E-state index contributed by atoms with van der Waals surface area (Å²) < 4.78 is 8.33. The van der Waals surface area contributed by atoms with E-state index in [2.05, 4.69) is 43.3 Å². The van der Waals surface area contributed by atoms with E-state index in [9.17, 15) is 0 Å². The van der Waals surface area contributed by atoms with Crippen molar-refractivity contribution in [3.8, 4) is 0 Å². The molecule has 1 aliphatic heterocycles. The Morgan fingerprint density at radius 2 is 2.05 bits per heavy atom. The van der Waals surface area contributed by atoms with E-state index in [4.69, 9.17) is 10.5 Å². The van der Waals surface area contributed by atoms with Crippen LogP contribution in [-0.4, -0.2) is 26.8 Å². The number of hydrogen-bond acceptors (Lipinski definition) is 3. The summed E-state index contributed by atoms with van der Waals surface area (Å²) in [6, 6.07) is 8.23. The van der Waals surface area contributed by atoms with E-state index in [0.717, 1.165) is 24.0 Å². The lowest BCUT2D eigenvalue weighted by molar-refractivity contribution is -0.0769. The molecule has 1 aromatic heterocycles. The van der Waals surface area contributed by atoms with Gasteiger partial charge in [-0.25, -0.2) is 4.98 Å². The van der Waals surface area contributed by atoms with Crippen LogP contribution in [0.1, 0.15) is 34.1 Å². The third-order valence-corrected chi connectivity index (χ3v) is 4.60. The molecule has 2 unspecified atom stereocenters. The first kappa shape index (κ1) is 14.5. The Labute approximate surface area is 126 Å². The maximum atomic E-state index is 6.53. The minimum atomic E-state index is -0.181. The number of imidazole rings is 1. The zero-order chi connectivity index (χ0) is 15.3. The Balaban J connectivity index is 1.82. The quantitative estimate of drug-likeness (QED) is 0.944. The van der Waals surface area contributed by atoms with Gasteiger partial charge in [0, 0.05) is 18.5 Å². The van der Waals surface area contributed by atoms with Crippen LogP contribution < -0.4 is 5.73 Å². The maximum absolute atomic E-state index is 6.53. The van der Waals surface area contributed by atoms with Gasteiger partial charge in [-0.3, -0.25) is 0 Å². The third kappa shape index (κ3) is 2.70. The lowest BCUT2D eigenvalue weighted by atomic mass is 9.82. The Kier molecular flexibility index (Phi) is 3.34. The molecule has 2 N–H and O–H groups in total. The minimum absolute atomic E-state index is 0.0550. The second-order valence-corrected chi connectivity index (χ2v) is 7.33. The SMILES string of the molecule is CC1(C)CC(C(N)Cn2cnc3ccccc32)C(C)(C)O1. The Hall–Kier alpha value is -1.39. The first-order chi connectivity index (χ1) is 9.78. The highest BCUT2D eigenvalue weighted by molar-refractivity contribution is 5.74. The van der Waals surface area contributed by atoms with Crippen molar-refractivity contribution in [1.82, 2.24) is 9.55 Å². The molecule has 2 heterocycles. The van der Waals surface area contributed by atoms with Crippen molar-refractivity contribution >= 4 is 11.0 Å². The smallest absolute Gasteiger partial charge is 0.0958 e. The molecule has 0 radical (unpaired) electrons. The Morgan fingerprint density at radius 1 is 1.33 bits per heavy atom. The van der Waals surface area contributed by atoms with Gasteiger partial charge in [0.05, 0.1) is 28.6 Å². The molecule has 0 aliphatic carbocycles. The molecule has 1 aliphatic rings. The number of ether oxygens (including phenoxy) is 1. The Bertz CT molecular complexity index is 644. The zero-order valence-corrected chi connectivity index (χ0v) is 13.3. The van der Waals surface area contributed by atoms with Crippen LogP contribution in [0.5, 0.6) is 0 Å². The van der Waals surface area contributed by atoms with E-state index < -0.39 is 0 Å². The van der Waals surface area contributed by atoms with E-state index in [1.54, 1.807) is 0 Å². The zero-order valence-electron chi connectivity index (χ0n) is 13.3. The highest BCUT2D eigenvalue weighted by Crippen LogP contribution is 2.43. The lowest BCUT2D eigenvalue weighted by Gasteiger charge is -2.31. The van der Waals surface area contributed by atoms with Gasteiger partial charge in [-0.2, -0.15) is 0 Å². The largest absolute Gasteiger partial charge is 0.369 e. The highest BCUT2D eigenvalue weighted by atomic mass is 16.5. The fraction of sp³-hybridized carbons (Fsp3) is 0.588. The van der Waals surface area contributed by atoms with Crippen molar-refractivity contribution in [1.29, 1.82) is 0 Å². The molecule has 21 heavy (non-hydrogen) atoms. The summed E-state index contributed by atoms with van der Waals surface area (Å²) in [6.07, 6.45) is 2.88. The number of benzene rings is 1. The van der Waals surface area contributed by atoms with Gasteiger partial charge in [0.15, 0.2) is 0 Å². The summed E-state index contributed by atoms with van der Waals surface area (Å²) >= 11 is 0. The van der Waals surface area contributed by atoms with E-state index in [0.29, 0.717) is 5.92 Å². The van der Waals surface area contributed by atoms with Crippen LogP contribution in [0.2, 0.25) is 0 Å². The monoisotopic (exact) mass is 287 g/mol. The molecule has 4 nitrogen and oxygen atoms in total. The van der Waals surface area contributed by atoms with Gasteiger partial charge >= 0.3 is 0 Å². The predicted octanol–water partition coefficient (Wildman–Crippen LogP) is 2.96. The molecule has 1 fully saturated rings. The molecule has 1 saturated heterocycles. The fourth-order valence-electron chi connectivity index (χ4n) is 3.78. The summed E-state index contributed by atoms with van der Waals surface area (Å²) in [4.78, 5) is 4.44. The molecule has 0 spiro atoms. The molecule has 2 atom stereocenters. The summed E-state index contributed by atoms with van der Waals surface area (Å²) in [6.45, 7) is 9.37. The van der Waals surface area contributed by atoms with E-state index in [-0.39, 0.29) is 17.2 Å². The summed E-state index contributed by atoms with van der Waals surface area (Å²) in [5.74, 6) is 0.341. The number of para-hydroxylation sites is 2. The first-order valence-corrected chi connectivity index (χ1v) is 7.64. The number of fused-ring (bicyclic) bond motifs is 1. The molecular weight excluding hydrogens is 262 g/mol. The van der Waals surface area contributed by atoms with Gasteiger partial charge in [0.2, 0.25) is 0 Å². The van der Waals surface area contributed by atoms with Crippen LogP contribution >= 0.6 is 0 Å². The average Bonchev–Trinajstić information content (AvgIpc) is 2.87. The standard InChI is InChI=1S/C17H25N3O/c1-16(2)9-12(17(3,4)21-16)13(18)10-20-11-19-14-7-5-6-8-15(14)20/h5-8,11-13H,9-10,18H2,1-4H3. The summed E-state index contributed by atoms with van der Waals surface area (Å²) in [5.41, 5.74) is 8.42. The molecule has 2 aromatic rings. The summed E-state index contributed by atoms with van der Waals surface area (Å²) in [5, 5.41) is 0. The van der Waals surface area contributed by atoms with Crippen molar-refractivity contribution < 1.29 is 4.74 Å². The van der Waals surface area contributed by atoms with Crippen molar-refractivity contribution in [3.63, 3.8) is 0 Å². The normalized spacial score (nSPS) is 25.3. The van der Waals surface area contributed by atoms with E-state index in [1.165, 1.54) is 0 Å². The van der Waals surface area contributed by atoms with Gasteiger partial charge in [-0.05, 0) is 46.2 Å². The molecular formula is C17H25N3O. The van der Waals surface area contributed by atoms with Crippen molar-refractivity contribution in [2.45, 2.75) is 57.9 Å². The molecule has 1 aromatic carbocycles. The molecule has 114 valence electrons. The number of nitrogens with two attached hydrogens (primary N) is 1. The van der Waals surface area contributed by atoms with Gasteiger partial charge < -0.3 is 15.0 Å². The molecule has 0 saturated carbocycles. The van der Waals surface area contributed by atoms with Gasteiger partial charge in [-0.15, -0.1) is 0 Å². The molecule has 0 bridgehead atoms. The van der Waals surface area contributed by atoms with Gasteiger partial charge in [-0.1, -0.05) is 12.1 Å². The Morgan fingerprint density at radius 3 is 2.71 bits per heavy atom. The lowest BCUT2D eigenvalue weighted by Crippen LogP contribution is -2.43. The maximum Gasteiger partial charge on any atom is 0.0958 e. The molecule has 0 amide bonds. The van der Waals surface area contributed by atoms with Crippen molar-refractivity contribution in [3.05, 3.63) is 30.6 Å². The van der Waals surface area contributed by atoms with Crippen LogP contribution in [-0.2, 0) is 11.3 Å². The number of hydrogen-bond donors (Lipinski definition) is 1. The van der Waals surface area contributed by atoms with Crippen LogP contribution in [0.4, 0.5) is 0 Å². The van der Waals surface area contributed by atoms with E-state index in [1.807, 2.05) is 24.5 Å². The van der Waals surface area contributed by atoms with Crippen LogP contribution in [0.3, 0.4) is 0 Å². The van der Waals surface area contributed by atoms with Crippen molar-refractivity contribution in [2.24, 2.45) is 11.7 Å².